The van der Waals surface area contributed by atoms with Crippen molar-refractivity contribution in [1.82, 2.24) is 4.98 Å². The zero-order chi connectivity index (χ0) is 10.6. The maximum absolute atomic E-state index is 12.1. The highest BCUT2D eigenvalue weighted by Gasteiger charge is 2.12. The van der Waals surface area contributed by atoms with Crippen LogP contribution in [-0.4, -0.2) is 22.1 Å². The van der Waals surface area contributed by atoms with Gasteiger partial charge in [0.25, 0.3) is 0 Å². The largest absolute Gasteiger partial charge is 0.480 e. The number of hydrogen-bond acceptors (Lipinski definition) is 3. The number of alkyl halides is 1. The number of pyridine rings is 1. The Balaban J connectivity index is 2.64. The van der Waals surface area contributed by atoms with Crippen LogP contribution in [0.5, 0.6) is 0 Å². The van der Waals surface area contributed by atoms with Crippen LogP contribution in [-0.2, 0) is 17.9 Å². The van der Waals surface area contributed by atoms with E-state index in [2.05, 4.69) is 4.98 Å². The van der Waals surface area contributed by atoms with Gasteiger partial charge in [-0.25, -0.2) is 4.39 Å². The average molecular weight is 198 g/mol. The first-order valence-electron chi connectivity index (χ1n) is 4.11. The van der Waals surface area contributed by atoms with Crippen molar-refractivity contribution in [3.05, 3.63) is 29.6 Å². The topological polar surface area (TPSA) is 76.2 Å². The normalized spacial score (nSPS) is 12.4. The van der Waals surface area contributed by atoms with Gasteiger partial charge in [0, 0.05) is 23.9 Å². The first-order chi connectivity index (χ1) is 6.63. The lowest BCUT2D eigenvalue weighted by Gasteiger charge is -2.05. The summed E-state index contributed by atoms with van der Waals surface area (Å²) in [4.78, 5) is 14.3. The number of nitrogens with zero attached hydrogens (tertiary/aromatic N) is 1. The monoisotopic (exact) mass is 198 g/mol. The van der Waals surface area contributed by atoms with Gasteiger partial charge in [-0.1, -0.05) is 6.07 Å². The van der Waals surface area contributed by atoms with E-state index in [0.29, 0.717) is 11.3 Å². The van der Waals surface area contributed by atoms with Gasteiger partial charge in [-0.05, 0) is 6.07 Å². The Kier molecular flexibility index (Phi) is 3.53. The molecule has 1 heterocycles. The molecule has 0 aliphatic carbocycles. The first-order valence-corrected chi connectivity index (χ1v) is 4.11. The second kappa shape index (κ2) is 4.66. The molecule has 0 spiro atoms. The highest BCUT2D eigenvalue weighted by Crippen LogP contribution is 2.03. The number of rotatable bonds is 4. The van der Waals surface area contributed by atoms with Crippen LogP contribution in [0.3, 0.4) is 0 Å². The summed E-state index contributed by atoms with van der Waals surface area (Å²) < 4.78 is 12.1. The Morgan fingerprint density at radius 3 is 2.79 bits per heavy atom. The zero-order valence-electron chi connectivity index (χ0n) is 7.48. The fourth-order valence-corrected chi connectivity index (χ4v) is 0.968. The molecular formula is C9H11FN2O2. The molecule has 0 bridgehead atoms. The van der Waals surface area contributed by atoms with Crippen molar-refractivity contribution in [2.24, 2.45) is 5.73 Å². The van der Waals surface area contributed by atoms with Crippen molar-refractivity contribution in [3.8, 4) is 0 Å². The minimum Gasteiger partial charge on any atom is -0.480 e. The molecule has 0 fully saturated rings. The summed E-state index contributed by atoms with van der Waals surface area (Å²) in [5.41, 5.74) is 6.33. The van der Waals surface area contributed by atoms with Crippen LogP contribution < -0.4 is 5.73 Å². The zero-order valence-corrected chi connectivity index (χ0v) is 7.48. The molecule has 0 saturated heterocycles. The van der Waals surface area contributed by atoms with E-state index in [1.807, 2.05) is 0 Å². The fourth-order valence-electron chi connectivity index (χ4n) is 0.968. The van der Waals surface area contributed by atoms with Crippen LogP contribution in [0, 0.1) is 0 Å². The molecule has 0 saturated carbocycles. The molecule has 4 nitrogen and oxygen atoms in total. The van der Waals surface area contributed by atoms with Crippen molar-refractivity contribution in [1.29, 1.82) is 0 Å². The molecule has 3 N–H and O–H groups in total. The van der Waals surface area contributed by atoms with Gasteiger partial charge in [-0.3, -0.25) is 9.78 Å². The van der Waals surface area contributed by atoms with Crippen molar-refractivity contribution >= 4 is 5.97 Å². The third kappa shape index (κ3) is 2.77. The van der Waals surface area contributed by atoms with Crippen LogP contribution in [0.2, 0.25) is 0 Å². The molecule has 0 aromatic carbocycles. The van der Waals surface area contributed by atoms with Gasteiger partial charge in [0.2, 0.25) is 0 Å². The Morgan fingerprint density at radius 1 is 1.64 bits per heavy atom. The summed E-state index contributed by atoms with van der Waals surface area (Å²) in [6.45, 7) is -0.571. The number of halogens is 1. The Hall–Kier alpha value is -1.49. The fraction of sp³-hybridized carbons (Fsp3) is 0.333. The first kappa shape index (κ1) is 10.6. The lowest BCUT2D eigenvalue weighted by Crippen LogP contribution is -2.32. The van der Waals surface area contributed by atoms with Gasteiger partial charge >= 0.3 is 5.97 Å². The Labute approximate surface area is 80.6 Å². The Bertz CT molecular complexity index is 313. The maximum atomic E-state index is 12.1. The molecule has 0 aliphatic heterocycles. The second-order valence-corrected chi connectivity index (χ2v) is 2.94. The maximum Gasteiger partial charge on any atom is 0.320 e. The predicted molar refractivity (Wildman–Crippen MR) is 48.4 cm³/mol. The molecule has 0 radical (unpaired) electrons. The lowest BCUT2D eigenvalue weighted by atomic mass is 10.1. The van der Waals surface area contributed by atoms with Crippen molar-refractivity contribution < 1.29 is 14.3 Å². The van der Waals surface area contributed by atoms with Gasteiger partial charge in [-0.15, -0.1) is 0 Å². The molecule has 0 amide bonds. The number of carbonyl (C=O) groups is 1. The number of carboxylic acid groups (broad SMARTS) is 1. The molecule has 76 valence electrons. The molecule has 1 unspecified atom stereocenters. The summed E-state index contributed by atoms with van der Waals surface area (Å²) in [6.07, 6.45) is 1.53. The number of nitrogens with two attached hydrogens (primary N) is 1. The van der Waals surface area contributed by atoms with Crippen LogP contribution in [0.4, 0.5) is 4.39 Å². The lowest BCUT2D eigenvalue weighted by molar-refractivity contribution is -0.138. The van der Waals surface area contributed by atoms with Crippen LogP contribution in [0.15, 0.2) is 18.3 Å². The van der Waals surface area contributed by atoms with E-state index in [9.17, 15) is 9.18 Å². The Morgan fingerprint density at radius 2 is 2.36 bits per heavy atom. The van der Waals surface area contributed by atoms with Crippen LogP contribution in [0.1, 0.15) is 11.3 Å². The third-order valence-electron chi connectivity index (χ3n) is 1.79. The highest BCUT2D eigenvalue weighted by atomic mass is 19.1. The second-order valence-electron chi connectivity index (χ2n) is 2.94. The van der Waals surface area contributed by atoms with E-state index in [-0.39, 0.29) is 6.42 Å². The SMILES string of the molecule is NC(Cc1ccc(CF)cn1)C(=O)O. The third-order valence-corrected chi connectivity index (χ3v) is 1.79. The van der Waals surface area contributed by atoms with Crippen LogP contribution >= 0.6 is 0 Å². The summed E-state index contributed by atoms with van der Waals surface area (Å²) in [6, 6.07) is 2.19. The quantitative estimate of drug-likeness (QED) is 0.738. The number of aliphatic carboxylic acids is 1. The molecule has 0 aliphatic rings. The number of hydrogen-bond donors (Lipinski definition) is 2. The number of aromatic nitrogens is 1. The van der Waals surface area contributed by atoms with Gasteiger partial charge in [0.05, 0.1) is 0 Å². The summed E-state index contributed by atoms with van der Waals surface area (Å²) in [5, 5.41) is 8.53. The molecule has 1 atom stereocenters. The van der Waals surface area contributed by atoms with E-state index in [4.69, 9.17) is 10.8 Å². The minimum absolute atomic E-state index is 0.155. The summed E-state index contributed by atoms with van der Waals surface area (Å²) in [5.74, 6) is -1.07. The molecule has 1 aromatic rings. The summed E-state index contributed by atoms with van der Waals surface area (Å²) >= 11 is 0. The average Bonchev–Trinajstić information content (AvgIpc) is 2.19. The van der Waals surface area contributed by atoms with Crippen LogP contribution in [0.25, 0.3) is 0 Å². The smallest absolute Gasteiger partial charge is 0.320 e. The minimum atomic E-state index is -1.07. The number of carboxylic acids is 1. The molecule has 1 aromatic heterocycles. The predicted octanol–water partition coefficient (Wildman–Crippen LogP) is 0.506. The highest BCUT2D eigenvalue weighted by molar-refractivity contribution is 5.73. The van der Waals surface area contributed by atoms with Gasteiger partial charge in [0.15, 0.2) is 0 Å². The van der Waals surface area contributed by atoms with E-state index in [0.717, 1.165) is 0 Å². The van der Waals surface area contributed by atoms with Crippen molar-refractivity contribution in [2.75, 3.05) is 0 Å². The van der Waals surface area contributed by atoms with Gasteiger partial charge in [-0.2, -0.15) is 0 Å². The molecule has 14 heavy (non-hydrogen) atoms. The standard InChI is InChI=1S/C9H11FN2O2/c10-4-6-1-2-7(12-5-6)3-8(11)9(13)14/h1-2,5,8H,3-4,11H2,(H,13,14). The molecule has 5 heteroatoms. The molecular weight excluding hydrogens is 187 g/mol. The van der Waals surface area contributed by atoms with E-state index < -0.39 is 18.7 Å². The molecule has 1 rings (SSSR count). The van der Waals surface area contributed by atoms with Gasteiger partial charge < -0.3 is 10.8 Å². The van der Waals surface area contributed by atoms with Crippen molar-refractivity contribution in [3.63, 3.8) is 0 Å². The van der Waals surface area contributed by atoms with E-state index in [1.54, 1.807) is 12.1 Å². The van der Waals surface area contributed by atoms with Gasteiger partial charge in [0.1, 0.15) is 12.7 Å². The summed E-state index contributed by atoms with van der Waals surface area (Å²) in [7, 11) is 0. The van der Waals surface area contributed by atoms with Crippen molar-refractivity contribution in [2.45, 2.75) is 19.1 Å². The van der Waals surface area contributed by atoms with E-state index in [1.165, 1.54) is 6.20 Å². The van der Waals surface area contributed by atoms with E-state index >= 15 is 0 Å².